The lowest BCUT2D eigenvalue weighted by atomic mass is 9.97. The van der Waals surface area contributed by atoms with E-state index in [9.17, 15) is 14.4 Å². The van der Waals surface area contributed by atoms with Crippen molar-refractivity contribution in [2.45, 2.75) is 19.8 Å². The Labute approximate surface area is 134 Å². The van der Waals surface area contributed by atoms with E-state index in [2.05, 4.69) is 10.1 Å². The zero-order valence-electron chi connectivity index (χ0n) is 13.3. The van der Waals surface area contributed by atoms with Crippen molar-refractivity contribution in [3.63, 3.8) is 0 Å². The van der Waals surface area contributed by atoms with Gasteiger partial charge in [0.25, 0.3) is 0 Å². The second-order valence-corrected chi connectivity index (χ2v) is 5.63. The molecule has 0 saturated carbocycles. The van der Waals surface area contributed by atoms with E-state index < -0.39 is 12.0 Å². The lowest BCUT2D eigenvalue weighted by molar-refractivity contribution is -0.121. The van der Waals surface area contributed by atoms with Gasteiger partial charge >= 0.3 is 12.0 Å². The molecule has 1 aromatic carbocycles. The summed E-state index contributed by atoms with van der Waals surface area (Å²) in [7, 11) is 1.31. The van der Waals surface area contributed by atoms with Crippen molar-refractivity contribution in [3.05, 3.63) is 29.3 Å². The second-order valence-electron chi connectivity index (χ2n) is 5.63. The molecule has 0 aliphatic carbocycles. The predicted octanol–water partition coefficient (Wildman–Crippen LogP) is 1.51. The first-order valence-corrected chi connectivity index (χ1v) is 7.46. The summed E-state index contributed by atoms with van der Waals surface area (Å²) in [4.78, 5) is 36.8. The zero-order chi connectivity index (χ0) is 17.0. The number of primary amides is 1. The van der Waals surface area contributed by atoms with E-state index in [1.165, 1.54) is 12.0 Å². The van der Waals surface area contributed by atoms with Crippen LogP contribution in [-0.4, -0.2) is 43.0 Å². The lowest BCUT2D eigenvalue weighted by Gasteiger charge is -2.30. The van der Waals surface area contributed by atoms with Gasteiger partial charge in [-0.15, -0.1) is 0 Å². The number of nitrogens with one attached hydrogen (secondary N) is 1. The number of hydrogen-bond acceptors (Lipinski definition) is 4. The number of carbonyl (C=O) groups excluding carboxylic acids is 3. The molecule has 1 fully saturated rings. The van der Waals surface area contributed by atoms with Gasteiger partial charge in [0.15, 0.2) is 0 Å². The van der Waals surface area contributed by atoms with Crippen molar-refractivity contribution in [2.75, 3.05) is 25.5 Å². The Morgan fingerprint density at radius 2 is 2.09 bits per heavy atom. The Kier molecular flexibility index (Phi) is 5.20. The van der Waals surface area contributed by atoms with Crippen molar-refractivity contribution in [1.29, 1.82) is 0 Å². The lowest BCUT2D eigenvalue weighted by Crippen LogP contribution is -2.46. The fourth-order valence-electron chi connectivity index (χ4n) is 2.63. The average Bonchev–Trinajstić information content (AvgIpc) is 2.56. The molecular formula is C16H21N3O4. The van der Waals surface area contributed by atoms with Gasteiger partial charge in [0.1, 0.15) is 0 Å². The Bertz CT molecular complexity index is 630. The van der Waals surface area contributed by atoms with E-state index >= 15 is 0 Å². The van der Waals surface area contributed by atoms with Crippen molar-refractivity contribution < 1.29 is 19.1 Å². The van der Waals surface area contributed by atoms with Crippen LogP contribution in [0.2, 0.25) is 0 Å². The summed E-state index contributed by atoms with van der Waals surface area (Å²) in [6.07, 6.45) is 1.44. The maximum Gasteiger partial charge on any atom is 0.337 e. The van der Waals surface area contributed by atoms with Crippen molar-refractivity contribution in [2.24, 2.45) is 11.7 Å². The van der Waals surface area contributed by atoms with Crippen molar-refractivity contribution in [1.82, 2.24) is 4.90 Å². The molecule has 1 atom stereocenters. The molecule has 3 N–H and O–H groups in total. The maximum atomic E-state index is 12.4. The van der Waals surface area contributed by atoms with Gasteiger partial charge in [-0.2, -0.15) is 0 Å². The molecular weight excluding hydrogens is 298 g/mol. The molecule has 0 bridgehead atoms. The minimum Gasteiger partial charge on any atom is -0.465 e. The van der Waals surface area contributed by atoms with Gasteiger partial charge in [-0.25, -0.2) is 9.59 Å². The number of piperidine rings is 1. The van der Waals surface area contributed by atoms with E-state index in [1.807, 2.05) is 6.92 Å². The summed E-state index contributed by atoms with van der Waals surface area (Å²) >= 11 is 0. The molecule has 1 aliphatic rings. The van der Waals surface area contributed by atoms with Crippen LogP contribution in [-0.2, 0) is 9.53 Å². The second kappa shape index (κ2) is 7.13. The van der Waals surface area contributed by atoms with Crippen LogP contribution >= 0.6 is 0 Å². The molecule has 2 rings (SSSR count). The number of esters is 1. The Balaban J connectivity index is 2.10. The number of nitrogens with zero attached hydrogens (tertiary/aromatic N) is 1. The van der Waals surface area contributed by atoms with Crippen LogP contribution < -0.4 is 11.1 Å². The molecule has 7 nitrogen and oxygen atoms in total. The number of aryl methyl sites for hydroxylation is 1. The average molecular weight is 319 g/mol. The predicted molar refractivity (Wildman–Crippen MR) is 85.0 cm³/mol. The number of amides is 3. The fraction of sp³-hybridized carbons (Fsp3) is 0.438. The van der Waals surface area contributed by atoms with E-state index in [0.717, 1.165) is 12.0 Å². The number of nitrogens with two attached hydrogens (primary N) is 1. The number of urea groups is 1. The van der Waals surface area contributed by atoms with Gasteiger partial charge in [0.2, 0.25) is 5.91 Å². The fourth-order valence-corrected chi connectivity index (χ4v) is 2.63. The first-order valence-electron chi connectivity index (χ1n) is 7.46. The van der Waals surface area contributed by atoms with Crippen LogP contribution in [0, 0.1) is 12.8 Å². The summed E-state index contributed by atoms with van der Waals surface area (Å²) in [6.45, 7) is 2.74. The Hall–Kier alpha value is -2.57. The molecule has 124 valence electrons. The van der Waals surface area contributed by atoms with E-state index in [0.29, 0.717) is 30.8 Å². The van der Waals surface area contributed by atoms with Gasteiger partial charge in [0.05, 0.1) is 18.6 Å². The third-order valence-corrected chi connectivity index (χ3v) is 4.02. The molecule has 23 heavy (non-hydrogen) atoms. The summed E-state index contributed by atoms with van der Waals surface area (Å²) in [5.74, 6) is -0.948. The maximum absolute atomic E-state index is 12.4. The standard InChI is InChI=1S/C16H21N3O4/c1-10-5-6-11(15(21)23-2)8-13(10)18-14(20)12-4-3-7-19(9-12)16(17)22/h5-6,8,12H,3-4,7,9H2,1-2H3,(H2,17,22)(H,18,20)/t12-/m0/s1. The Morgan fingerprint density at radius 1 is 1.35 bits per heavy atom. The van der Waals surface area contributed by atoms with Gasteiger partial charge in [-0.05, 0) is 37.5 Å². The highest BCUT2D eigenvalue weighted by molar-refractivity contribution is 5.96. The number of benzene rings is 1. The van der Waals surface area contributed by atoms with Crippen molar-refractivity contribution in [3.8, 4) is 0 Å². The number of anilines is 1. The van der Waals surface area contributed by atoms with E-state index in [1.54, 1.807) is 18.2 Å². The molecule has 1 aromatic rings. The minimum atomic E-state index is -0.508. The van der Waals surface area contributed by atoms with Crippen LogP contribution in [0.15, 0.2) is 18.2 Å². The number of methoxy groups -OCH3 is 1. The topological polar surface area (TPSA) is 102 Å². The number of hydrogen-bond donors (Lipinski definition) is 2. The van der Waals surface area contributed by atoms with Crippen LogP contribution in [0.3, 0.4) is 0 Å². The molecule has 0 radical (unpaired) electrons. The van der Waals surface area contributed by atoms with Crippen LogP contribution in [0.1, 0.15) is 28.8 Å². The minimum absolute atomic E-state index is 0.180. The highest BCUT2D eigenvalue weighted by atomic mass is 16.5. The molecule has 1 saturated heterocycles. The molecule has 0 aromatic heterocycles. The number of likely N-dealkylation sites (tertiary alicyclic amines) is 1. The number of ether oxygens (including phenoxy) is 1. The first kappa shape index (κ1) is 16.8. The van der Waals surface area contributed by atoms with Gasteiger partial charge in [-0.3, -0.25) is 4.79 Å². The highest BCUT2D eigenvalue weighted by Gasteiger charge is 2.27. The third-order valence-electron chi connectivity index (χ3n) is 4.02. The summed E-state index contributed by atoms with van der Waals surface area (Å²) < 4.78 is 4.68. The quantitative estimate of drug-likeness (QED) is 0.824. The van der Waals surface area contributed by atoms with Gasteiger partial charge in [0, 0.05) is 18.8 Å². The normalized spacial score (nSPS) is 17.5. The largest absolute Gasteiger partial charge is 0.465 e. The Morgan fingerprint density at radius 3 is 2.74 bits per heavy atom. The number of carbonyl (C=O) groups is 3. The summed E-state index contributed by atoms with van der Waals surface area (Å²) in [6, 6.07) is 4.48. The van der Waals surface area contributed by atoms with Crippen molar-refractivity contribution >= 4 is 23.6 Å². The van der Waals surface area contributed by atoms with Crippen LogP contribution in [0.5, 0.6) is 0 Å². The van der Waals surface area contributed by atoms with E-state index in [-0.39, 0.29) is 11.8 Å². The molecule has 1 heterocycles. The van der Waals surface area contributed by atoms with Gasteiger partial charge < -0.3 is 20.7 Å². The van der Waals surface area contributed by atoms with E-state index in [4.69, 9.17) is 5.73 Å². The third kappa shape index (κ3) is 4.00. The zero-order valence-corrected chi connectivity index (χ0v) is 13.3. The molecule has 3 amide bonds. The van der Waals surface area contributed by atoms with Crippen LogP contribution in [0.25, 0.3) is 0 Å². The molecule has 7 heteroatoms. The number of rotatable bonds is 3. The first-order chi connectivity index (χ1) is 10.9. The summed E-state index contributed by atoms with van der Waals surface area (Å²) in [5, 5.41) is 2.83. The van der Waals surface area contributed by atoms with Gasteiger partial charge in [-0.1, -0.05) is 6.07 Å². The molecule has 0 spiro atoms. The summed E-state index contributed by atoms with van der Waals surface area (Å²) in [5.41, 5.74) is 7.05. The molecule has 1 aliphatic heterocycles. The highest BCUT2D eigenvalue weighted by Crippen LogP contribution is 2.22. The smallest absolute Gasteiger partial charge is 0.337 e. The monoisotopic (exact) mass is 319 g/mol. The molecule has 0 unspecified atom stereocenters. The SMILES string of the molecule is COC(=O)c1ccc(C)c(NC(=O)[C@H]2CCCN(C(N)=O)C2)c1. The van der Waals surface area contributed by atoms with Crippen LogP contribution in [0.4, 0.5) is 10.5 Å².